The third-order valence-electron chi connectivity index (χ3n) is 4.92. The highest BCUT2D eigenvalue weighted by Crippen LogP contribution is 2.31. The predicted octanol–water partition coefficient (Wildman–Crippen LogP) is 3.30. The zero-order chi connectivity index (χ0) is 17.0. The van der Waals surface area contributed by atoms with Gasteiger partial charge in [-0.15, -0.1) is 24.8 Å². The first kappa shape index (κ1) is 24.1. The van der Waals surface area contributed by atoms with Gasteiger partial charge in [-0.2, -0.15) is 0 Å². The summed E-state index contributed by atoms with van der Waals surface area (Å²) >= 11 is 0. The molecule has 0 radical (unpaired) electrons. The molecule has 25 heavy (non-hydrogen) atoms. The van der Waals surface area contributed by atoms with E-state index in [0.717, 1.165) is 31.2 Å². The highest BCUT2D eigenvalue weighted by Gasteiger charge is 2.37. The van der Waals surface area contributed by atoms with Crippen LogP contribution in [-0.2, 0) is 4.79 Å². The lowest BCUT2D eigenvalue weighted by molar-refractivity contribution is -0.128. The van der Waals surface area contributed by atoms with Crippen LogP contribution >= 0.6 is 24.8 Å². The van der Waals surface area contributed by atoms with E-state index in [9.17, 15) is 9.18 Å². The third kappa shape index (κ3) is 6.41. The topological polar surface area (TPSA) is 58.4 Å². The SMILES string of the molecule is CN(C)C(CNC(=O)C1CCCCC1(C)N)c1ccc(F)cc1.Cl.Cl. The highest BCUT2D eigenvalue weighted by molar-refractivity contribution is 5.85. The fraction of sp³-hybridized carbons (Fsp3) is 0.611. The fourth-order valence-corrected chi connectivity index (χ4v) is 3.39. The molecule has 2 rings (SSSR count). The maximum absolute atomic E-state index is 13.1. The Kier molecular flexibility index (Phi) is 9.95. The number of benzene rings is 1. The summed E-state index contributed by atoms with van der Waals surface area (Å²) in [4.78, 5) is 14.6. The van der Waals surface area contributed by atoms with Gasteiger partial charge in [0.15, 0.2) is 0 Å². The van der Waals surface area contributed by atoms with Crippen molar-refractivity contribution in [3.63, 3.8) is 0 Å². The number of rotatable bonds is 5. The second-order valence-corrected chi connectivity index (χ2v) is 7.08. The van der Waals surface area contributed by atoms with Crippen LogP contribution in [0.15, 0.2) is 24.3 Å². The van der Waals surface area contributed by atoms with Crippen molar-refractivity contribution in [2.24, 2.45) is 11.7 Å². The molecule has 0 aliphatic heterocycles. The standard InChI is InChI=1S/C18H28FN3O.2ClH/c1-18(20)11-5-4-6-15(18)17(23)21-12-16(22(2)3)13-7-9-14(19)10-8-13;;/h7-10,15-16H,4-6,11-12,20H2,1-3H3,(H,21,23);2*1H. The van der Waals surface area contributed by atoms with E-state index in [-0.39, 0.29) is 48.5 Å². The summed E-state index contributed by atoms with van der Waals surface area (Å²) < 4.78 is 13.1. The average molecular weight is 394 g/mol. The van der Waals surface area contributed by atoms with E-state index < -0.39 is 5.54 Å². The number of nitrogens with two attached hydrogens (primary N) is 1. The number of carbonyl (C=O) groups is 1. The Morgan fingerprint density at radius 2 is 1.92 bits per heavy atom. The normalized spacial score (nSPS) is 24.0. The second-order valence-electron chi connectivity index (χ2n) is 7.08. The molecule has 4 nitrogen and oxygen atoms in total. The van der Waals surface area contributed by atoms with Gasteiger partial charge in [0.2, 0.25) is 5.91 Å². The minimum atomic E-state index is -0.425. The molecule has 1 aromatic carbocycles. The highest BCUT2D eigenvalue weighted by atomic mass is 35.5. The Morgan fingerprint density at radius 1 is 1.32 bits per heavy atom. The Balaban J connectivity index is 0.00000288. The maximum atomic E-state index is 13.1. The monoisotopic (exact) mass is 393 g/mol. The van der Waals surface area contributed by atoms with E-state index in [4.69, 9.17) is 5.73 Å². The summed E-state index contributed by atoms with van der Waals surface area (Å²) in [6, 6.07) is 6.43. The molecule has 1 amide bonds. The molecule has 3 atom stereocenters. The third-order valence-corrected chi connectivity index (χ3v) is 4.92. The average Bonchev–Trinajstić information content (AvgIpc) is 2.48. The molecular formula is C18H30Cl2FN3O. The molecule has 0 spiro atoms. The molecule has 7 heteroatoms. The van der Waals surface area contributed by atoms with Gasteiger partial charge in [-0.25, -0.2) is 4.39 Å². The molecule has 1 aliphatic carbocycles. The molecule has 1 fully saturated rings. The van der Waals surface area contributed by atoms with Gasteiger partial charge in [0.25, 0.3) is 0 Å². The zero-order valence-corrected chi connectivity index (χ0v) is 16.8. The molecule has 1 aromatic rings. The number of hydrogen-bond donors (Lipinski definition) is 2. The molecule has 0 aromatic heterocycles. The van der Waals surface area contributed by atoms with E-state index in [0.29, 0.717) is 6.54 Å². The molecule has 144 valence electrons. The smallest absolute Gasteiger partial charge is 0.225 e. The number of amides is 1. The van der Waals surface area contributed by atoms with Gasteiger partial charge in [0, 0.05) is 12.1 Å². The molecule has 3 unspecified atom stereocenters. The van der Waals surface area contributed by atoms with Crippen LogP contribution in [0.5, 0.6) is 0 Å². The Labute approximate surface area is 162 Å². The summed E-state index contributed by atoms with van der Waals surface area (Å²) in [5, 5.41) is 3.05. The van der Waals surface area contributed by atoms with Crippen molar-refractivity contribution in [1.29, 1.82) is 0 Å². The van der Waals surface area contributed by atoms with Crippen LogP contribution < -0.4 is 11.1 Å². The number of nitrogens with one attached hydrogen (secondary N) is 1. The molecule has 0 heterocycles. The lowest BCUT2D eigenvalue weighted by atomic mass is 9.74. The van der Waals surface area contributed by atoms with Crippen LogP contribution in [0, 0.1) is 11.7 Å². The van der Waals surface area contributed by atoms with Gasteiger partial charge < -0.3 is 16.0 Å². The molecule has 0 saturated heterocycles. The molecule has 0 bridgehead atoms. The van der Waals surface area contributed by atoms with Gasteiger partial charge in [-0.1, -0.05) is 25.0 Å². The van der Waals surface area contributed by atoms with Crippen molar-refractivity contribution in [2.45, 2.75) is 44.2 Å². The summed E-state index contributed by atoms with van der Waals surface area (Å²) in [5.41, 5.74) is 6.86. The Hall–Kier alpha value is -0.880. The van der Waals surface area contributed by atoms with Crippen LogP contribution in [0.1, 0.15) is 44.2 Å². The van der Waals surface area contributed by atoms with Gasteiger partial charge in [0.1, 0.15) is 5.82 Å². The lowest BCUT2D eigenvalue weighted by Crippen LogP contribution is -2.53. The Morgan fingerprint density at radius 3 is 2.44 bits per heavy atom. The molecule has 1 saturated carbocycles. The summed E-state index contributed by atoms with van der Waals surface area (Å²) in [6.45, 7) is 2.46. The molecule has 1 aliphatic rings. The van der Waals surface area contributed by atoms with E-state index in [1.807, 2.05) is 25.9 Å². The van der Waals surface area contributed by atoms with Crippen LogP contribution in [0.3, 0.4) is 0 Å². The lowest BCUT2D eigenvalue weighted by Gasteiger charge is -2.37. The summed E-state index contributed by atoms with van der Waals surface area (Å²) in [5.74, 6) is -0.354. The number of likely N-dealkylation sites (N-methyl/N-ethyl adjacent to an activating group) is 1. The first-order chi connectivity index (χ1) is 10.8. The van der Waals surface area contributed by atoms with Crippen LogP contribution in [-0.4, -0.2) is 37.0 Å². The first-order valence-electron chi connectivity index (χ1n) is 8.30. The van der Waals surface area contributed by atoms with Crippen LogP contribution in [0.2, 0.25) is 0 Å². The summed E-state index contributed by atoms with van der Waals surface area (Å²) in [7, 11) is 3.90. The molecule has 3 N–H and O–H groups in total. The number of nitrogens with zero attached hydrogens (tertiary/aromatic N) is 1. The van der Waals surface area contributed by atoms with E-state index in [2.05, 4.69) is 5.32 Å². The van der Waals surface area contributed by atoms with Gasteiger partial charge in [-0.3, -0.25) is 4.79 Å². The van der Waals surface area contributed by atoms with Crippen molar-refractivity contribution in [1.82, 2.24) is 10.2 Å². The maximum Gasteiger partial charge on any atom is 0.225 e. The van der Waals surface area contributed by atoms with Gasteiger partial charge in [-0.05, 0) is 51.6 Å². The van der Waals surface area contributed by atoms with Crippen molar-refractivity contribution in [3.05, 3.63) is 35.6 Å². The van der Waals surface area contributed by atoms with Gasteiger partial charge >= 0.3 is 0 Å². The number of hydrogen-bond acceptors (Lipinski definition) is 3. The van der Waals surface area contributed by atoms with Crippen molar-refractivity contribution in [3.8, 4) is 0 Å². The second kappa shape index (κ2) is 10.3. The minimum absolute atomic E-state index is 0. The molecular weight excluding hydrogens is 364 g/mol. The number of halogens is 3. The summed E-state index contributed by atoms with van der Waals surface area (Å²) in [6.07, 6.45) is 3.88. The van der Waals surface area contributed by atoms with E-state index in [1.54, 1.807) is 12.1 Å². The minimum Gasteiger partial charge on any atom is -0.354 e. The fourth-order valence-electron chi connectivity index (χ4n) is 3.39. The first-order valence-corrected chi connectivity index (χ1v) is 8.30. The zero-order valence-electron chi connectivity index (χ0n) is 15.1. The van der Waals surface area contributed by atoms with Crippen LogP contribution in [0.25, 0.3) is 0 Å². The van der Waals surface area contributed by atoms with Gasteiger partial charge in [0.05, 0.1) is 12.0 Å². The Bertz CT molecular complexity index is 538. The largest absolute Gasteiger partial charge is 0.354 e. The quantitative estimate of drug-likeness (QED) is 0.806. The predicted molar refractivity (Wildman–Crippen MR) is 105 cm³/mol. The number of carbonyl (C=O) groups excluding carboxylic acids is 1. The van der Waals surface area contributed by atoms with Crippen molar-refractivity contribution >= 4 is 30.7 Å². The van der Waals surface area contributed by atoms with Crippen molar-refractivity contribution in [2.75, 3.05) is 20.6 Å². The van der Waals surface area contributed by atoms with E-state index >= 15 is 0 Å². The van der Waals surface area contributed by atoms with Crippen LogP contribution in [0.4, 0.5) is 4.39 Å². The van der Waals surface area contributed by atoms with E-state index in [1.165, 1.54) is 12.1 Å². The van der Waals surface area contributed by atoms with Crippen molar-refractivity contribution < 1.29 is 9.18 Å².